The number of nitrogens with zero attached hydrogens (tertiary/aromatic N) is 6. The second kappa shape index (κ2) is 59.1. The molecule has 0 aliphatic heterocycles. The second-order valence-electron chi connectivity index (χ2n) is 9.13. The fraction of sp³-hybridized carbons (Fsp3) is 1.00. The summed E-state index contributed by atoms with van der Waals surface area (Å²) in [6, 6.07) is 0. The number of rotatable bonds is 7. The van der Waals surface area contributed by atoms with Gasteiger partial charge in [-0.05, 0) is 32.6 Å². The minimum atomic E-state index is -0.523. The van der Waals surface area contributed by atoms with Crippen LogP contribution < -0.4 is 0 Å². The van der Waals surface area contributed by atoms with Crippen molar-refractivity contribution >= 4 is 51.1 Å². The van der Waals surface area contributed by atoms with Gasteiger partial charge in [0.05, 0.1) is 17.7 Å². The number of hydrogen-bond acceptors (Lipinski definition) is 13. The van der Waals surface area contributed by atoms with Crippen LogP contribution >= 0.6 is 23.8 Å². The quantitative estimate of drug-likeness (QED) is 0.0618. The van der Waals surface area contributed by atoms with E-state index in [9.17, 15) is 5.11 Å². The van der Waals surface area contributed by atoms with E-state index in [1.54, 1.807) is 0 Å². The molecule has 0 aromatic carbocycles. The molecule has 0 aromatic heterocycles. The van der Waals surface area contributed by atoms with Crippen LogP contribution in [0.2, 0.25) is 0 Å². The van der Waals surface area contributed by atoms with Crippen molar-refractivity contribution in [1.82, 2.24) is 0 Å². The van der Waals surface area contributed by atoms with Crippen molar-refractivity contribution in [3.05, 3.63) is 29.4 Å². The van der Waals surface area contributed by atoms with Gasteiger partial charge in [-0.1, -0.05) is 33.6 Å². The zero-order valence-corrected chi connectivity index (χ0v) is 35.2. The molecule has 0 amide bonds. The van der Waals surface area contributed by atoms with E-state index in [2.05, 4.69) is 83.8 Å². The molecule has 7 N–H and O–H groups in total. The van der Waals surface area contributed by atoms with Gasteiger partial charge in [0.15, 0.2) is 32.0 Å². The molecular weight excluding hydrogens is 820 g/mol. The third kappa shape index (κ3) is 176. The topological polar surface area (TPSA) is 318 Å². The Morgan fingerprint density at radius 3 is 0.857 bits per heavy atom. The van der Waals surface area contributed by atoms with Gasteiger partial charge in [0.1, 0.15) is 0 Å². The van der Waals surface area contributed by atoms with E-state index in [1.165, 1.54) is 44.4 Å². The Kier molecular flexibility index (Phi) is 95.6. The van der Waals surface area contributed by atoms with E-state index in [4.69, 9.17) is 60.7 Å². The van der Waals surface area contributed by atoms with Crippen LogP contribution in [0.15, 0.2) is 32.0 Å². The molecule has 0 aliphatic rings. The van der Waals surface area contributed by atoms with Gasteiger partial charge in [-0.3, -0.25) is 0 Å². The molecule has 0 bridgehead atoms. The van der Waals surface area contributed by atoms with Gasteiger partial charge in [-0.15, -0.1) is 38.7 Å². The predicted octanol–water partition coefficient (Wildman–Crippen LogP) is 6.55. The first-order chi connectivity index (χ1) is 18.6. The molecule has 0 saturated carbocycles. The molecule has 42 heavy (non-hydrogen) atoms. The minimum absolute atomic E-state index is 0. The SMILES string of the molecule is CCCC(C)C(O)(P)CCC.CC[P+](C)(C)C.CC[P+](C)(C)C.O=NO.O=NO.O=NO.O=NO.O=NO.O=NO.[PbH2]. The van der Waals surface area contributed by atoms with Crippen LogP contribution in [0.4, 0.5) is 0 Å². The molecule has 23 heteroatoms. The predicted molar refractivity (Wildman–Crippen MR) is 178 cm³/mol. The van der Waals surface area contributed by atoms with Gasteiger partial charge in [0.2, 0.25) is 0 Å². The maximum atomic E-state index is 9.88. The number of aliphatic hydroxyl groups is 1. The molecule has 0 aromatic rings. The Bertz CT molecular complexity index is 476. The van der Waals surface area contributed by atoms with E-state index in [0.29, 0.717) is 5.92 Å². The molecule has 0 saturated heterocycles. The van der Waals surface area contributed by atoms with Gasteiger partial charge < -0.3 is 36.4 Å². The third-order valence-corrected chi connectivity index (χ3v) is 8.78. The average molecular weight is 878 g/mol. The Hall–Kier alpha value is -1.43. The maximum absolute atomic E-state index is 9.88. The number of hydrogen-bond donors (Lipinski definition) is 7. The first kappa shape index (κ1) is 68.0. The zero-order chi connectivity index (χ0) is 35.6. The molecule has 0 heterocycles. The zero-order valence-electron chi connectivity index (χ0n) is 26.8. The normalized spacial score (nSPS) is 10.2. The van der Waals surface area contributed by atoms with Crippen LogP contribution in [0, 0.1) is 35.4 Å². The summed E-state index contributed by atoms with van der Waals surface area (Å²) in [5, 5.41) is 56.7. The molecule has 3 atom stereocenters. The molecule has 0 fully saturated rings. The third-order valence-electron chi connectivity index (χ3n) is 4.12. The Balaban J connectivity index is -0.0000000363. The van der Waals surface area contributed by atoms with Gasteiger partial charge >= 0.3 is 27.3 Å². The summed E-state index contributed by atoms with van der Waals surface area (Å²) in [4.78, 5) is 48.7. The molecule has 0 aliphatic carbocycles. The Morgan fingerprint density at radius 2 is 0.762 bits per heavy atom. The standard InChI is InChI=1S/C9H21OP.2C5H14P.6HNO2.Pb.2H/c1-4-6-8(3)9(10,11)7-5-2;2*1-5-6(2,3)4;6*2-1-3;;;/h8,10H,4-7,11H2,1-3H3;2*5H2,1-4H3;6*(H,2,3);;;/q;2*+1;;;;;;;;;. The molecule has 0 spiro atoms. The molecule has 19 nitrogen and oxygen atoms in total. The molecular formula is C19H57N6O13P3Pb+2. The summed E-state index contributed by atoms with van der Waals surface area (Å²) < 4.78 is 0. The van der Waals surface area contributed by atoms with Gasteiger partial charge in [-0.25, -0.2) is 0 Å². The van der Waals surface area contributed by atoms with Crippen molar-refractivity contribution in [2.24, 2.45) is 38.0 Å². The first-order valence-corrected chi connectivity index (χ1v) is 18.8. The average Bonchev–Trinajstić information content (AvgIpc) is 2.82. The molecule has 2 radical (unpaired) electrons. The Morgan fingerprint density at radius 1 is 0.595 bits per heavy atom. The van der Waals surface area contributed by atoms with Crippen molar-refractivity contribution in [2.45, 2.75) is 65.6 Å². The Labute approximate surface area is 272 Å². The van der Waals surface area contributed by atoms with Crippen molar-refractivity contribution in [1.29, 1.82) is 0 Å². The summed E-state index contributed by atoms with van der Waals surface area (Å²) in [6.07, 6.45) is 6.97. The first-order valence-electron chi connectivity index (χ1n) is 11.6. The summed E-state index contributed by atoms with van der Waals surface area (Å²) in [5.74, 6) is 0.400. The van der Waals surface area contributed by atoms with Crippen molar-refractivity contribution in [3.63, 3.8) is 0 Å². The summed E-state index contributed by atoms with van der Waals surface area (Å²) in [6.45, 7) is 25.0. The van der Waals surface area contributed by atoms with Crippen LogP contribution in [-0.2, 0) is 0 Å². The molecule has 258 valence electrons. The van der Waals surface area contributed by atoms with Crippen LogP contribution in [0.5, 0.6) is 0 Å². The van der Waals surface area contributed by atoms with Crippen molar-refractivity contribution < 1.29 is 36.4 Å². The van der Waals surface area contributed by atoms with E-state index < -0.39 is 19.9 Å². The summed E-state index contributed by atoms with van der Waals surface area (Å²) in [5.41, 5.74) is 0. The molecule has 0 rings (SSSR count). The van der Waals surface area contributed by atoms with Gasteiger partial charge in [-0.2, -0.15) is 0 Å². The van der Waals surface area contributed by atoms with Crippen LogP contribution in [0.25, 0.3) is 0 Å². The van der Waals surface area contributed by atoms with E-state index in [0.717, 1.165) is 25.7 Å². The summed E-state index contributed by atoms with van der Waals surface area (Å²) in [7, 11) is 1.79. The fourth-order valence-electron chi connectivity index (χ4n) is 1.33. The van der Waals surface area contributed by atoms with E-state index >= 15 is 0 Å². The van der Waals surface area contributed by atoms with Crippen LogP contribution in [0.1, 0.15) is 60.3 Å². The van der Waals surface area contributed by atoms with Crippen molar-refractivity contribution in [3.8, 4) is 0 Å². The van der Waals surface area contributed by atoms with Gasteiger partial charge in [0.25, 0.3) is 0 Å². The van der Waals surface area contributed by atoms with Gasteiger partial charge in [0, 0.05) is 54.5 Å². The fourth-order valence-corrected chi connectivity index (χ4v) is 1.79. The van der Waals surface area contributed by atoms with Crippen molar-refractivity contribution in [2.75, 3.05) is 52.3 Å². The van der Waals surface area contributed by atoms with Crippen LogP contribution in [-0.4, -0.2) is 121 Å². The molecule has 3 unspecified atom stereocenters. The van der Waals surface area contributed by atoms with E-state index in [-0.39, 0.29) is 27.3 Å². The van der Waals surface area contributed by atoms with E-state index in [1.807, 2.05) is 0 Å². The summed E-state index contributed by atoms with van der Waals surface area (Å²) >= 11 is 0. The second-order valence-corrected chi connectivity index (χ2v) is 20.6. The monoisotopic (exact) mass is 878 g/mol. The van der Waals surface area contributed by atoms with Crippen LogP contribution in [0.3, 0.4) is 0 Å².